The second-order valence-electron chi connectivity index (χ2n) is 8.64. The highest BCUT2D eigenvalue weighted by atomic mass is 32.2. The van der Waals surface area contributed by atoms with Gasteiger partial charge in [-0.2, -0.15) is 0 Å². The van der Waals surface area contributed by atoms with Crippen LogP contribution in [0.3, 0.4) is 0 Å². The molecule has 2 aromatic heterocycles. The Bertz CT molecular complexity index is 1240. The van der Waals surface area contributed by atoms with Crippen LogP contribution in [-0.2, 0) is 0 Å². The number of hydrogen-bond donors (Lipinski definition) is 1. The molecule has 4 aromatic rings. The Balaban J connectivity index is 1.54. The quantitative estimate of drug-likeness (QED) is 0.318. The van der Waals surface area contributed by atoms with Gasteiger partial charge in [0.2, 0.25) is 0 Å². The number of ether oxygens (including phenoxy) is 1. The van der Waals surface area contributed by atoms with Crippen molar-refractivity contribution in [3.05, 3.63) is 83.7 Å². The minimum absolute atomic E-state index is 0.212. The molecular formula is C27H30N4O2S. The summed E-state index contributed by atoms with van der Waals surface area (Å²) >= 11 is 1.46. The van der Waals surface area contributed by atoms with E-state index < -0.39 is 6.10 Å². The van der Waals surface area contributed by atoms with Gasteiger partial charge < -0.3 is 9.84 Å². The molecule has 0 bridgehead atoms. The first-order valence-corrected chi connectivity index (χ1v) is 12.4. The van der Waals surface area contributed by atoms with E-state index in [4.69, 9.17) is 4.74 Å². The van der Waals surface area contributed by atoms with Gasteiger partial charge >= 0.3 is 0 Å². The van der Waals surface area contributed by atoms with E-state index in [2.05, 4.69) is 67.1 Å². The van der Waals surface area contributed by atoms with Crippen LogP contribution in [0.25, 0.3) is 17.1 Å². The van der Waals surface area contributed by atoms with Crippen molar-refractivity contribution in [3.8, 4) is 22.8 Å². The number of aryl methyl sites for hydroxylation is 2. The largest absolute Gasteiger partial charge is 0.491 e. The number of rotatable bonds is 9. The Hall–Kier alpha value is -3.16. The topological polar surface area (TPSA) is 73.1 Å². The van der Waals surface area contributed by atoms with Gasteiger partial charge in [-0.25, -0.2) is 0 Å². The van der Waals surface area contributed by atoms with Crippen molar-refractivity contribution < 1.29 is 9.84 Å². The number of nitrogens with zero attached hydrogens (tertiary/aromatic N) is 4. The van der Waals surface area contributed by atoms with E-state index >= 15 is 0 Å². The fraction of sp³-hybridized carbons (Fsp3) is 0.296. The van der Waals surface area contributed by atoms with Crippen molar-refractivity contribution in [1.82, 2.24) is 19.7 Å². The normalized spacial score (nSPS) is 12.2. The minimum atomic E-state index is -0.656. The molecule has 0 fully saturated rings. The molecule has 0 amide bonds. The summed E-state index contributed by atoms with van der Waals surface area (Å²) in [6, 6.07) is 18.1. The van der Waals surface area contributed by atoms with Gasteiger partial charge in [0.1, 0.15) is 12.4 Å². The molecule has 6 nitrogen and oxygen atoms in total. The standard InChI is InChI=1S/C27H30N4O2S/c1-18(2)23-9-5-6-10-25(23)33-16-22(32)17-34-27-30-29-26(21-8-7-13-28-15-21)31(27)24-12-11-19(3)14-20(24)4/h5-15,18,22,32H,16-17H2,1-4H3. The third-order valence-electron chi connectivity index (χ3n) is 5.52. The van der Waals surface area contributed by atoms with E-state index in [1.54, 1.807) is 12.4 Å². The number of aliphatic hydroxyl groups is 1. The fourth-order valence-electron chi connectivity index (χ4n) is 3.81. The predicted octanol–water partition coefficient (Wildman–Crippen LogP) is 5.60. The third kappa shape index (κ3) is 5.48. The van der Waals surface area contributed by atoms with Crippen LogP contribution in [0.2, 0.25) is 0 Å². The van der Waals surface area contributed by atoms with Crippen LogP contribution in [-0.4, -0.2) is 43.3 Å². The molecule has 2 heterocycles. The SMILES string of the molecule is Cc1ccc(-n2c(SCC(O)COc3ccccc3C(C)C)nnc2-c2cccnc2)c(C)c1. The molecule has 1 N–H and O–H groups in total. The van der Waals surface area contributed by atoms with E-state index in [0.29, 0.717) is 16.8 Å². The molecule has 2 aromatic carbocycles. The molecule has 4 rings (SSSR count). The molecule has 0 aliphatic carbocycles. The lowest BCUT2D eigenvalue weighted by molar-refractivity contribution is 0.125. The van der Waals surface area contributed by atoms with Gasteiger partial charge in [0, 0.05) is 23.7 Å². The summed E-state index contributed by atoms with van der Waals surface area (Å²) in [6.45, 7) is 8.64. The van der Waals surface area contributed by atoms with Crippen molar-refractivity contribution >= 4 is 11.8 Å². The zero-order valence-electron chi connectivity index (χ0n) is 20.0. The number of pyridine rings is 1. The Labute approximate surface area is 205 Å². The minimum Gasteiger partial charge on any atom is -0.491 e. The van der Waals surface area contributed by atoms with Crippen molar-refractivity contribution in [1.29, 1.82) is 0 Å². The van der Waals surface area contributed by atoms with Crippen molar-refractivity contribution in [2.45, 2.75) is 44.9 Å². The second kappa shape index (κ2) is 10.8. The maximum absolute atomic E-state index is 10.7. The molecule has 0 aliphatic rings. The molecule has 0 saturated heterocycles. The summed E-state index contributed by atoms with van der Waals surface area (Å²) in [4.78, 5) is 4.24. The van der Waals surface area contributed by atoms with Gasteiger partial charge in [0.15, 0.2) is 11.0 Å². The molecule has 0 saturated carbocycles. The highest BCUT2D eigenvalue weighted by Crippen LogP contribution is 2.30. The maximum Gasteiger partial charge on any atom is 0.196 e. The van der Waals surface area contributed by atoms with Gasteiger partial charge in [-0.3, -0.25) is 9.55 Å². The predicted molar refractivity (Wildman–Crippen MR) is 137 cm³/mol. The Kier molecular flexibility index (Phi) is 7.65. The fourth-order valence-corrected chi connectivity index (χ4v) is 4.66. The van der Waals surface area contributed by atoms with Gasteiger partial charge in [-0.1, -0.05) is 61.5 Å². The average molecular weight is 475 g/mol. The van der Waals surface area contributed by atoms with Crippen LogP contribution in [0.5, 0.6) is 5.75 Å². The summed E-state index contributed by atoms with van der Waals surface area (Å²) in [6.07, 6.45) is 2.87. The first-order valence-electron chi connectivity index (χ1n) is 11.4. The van der Waals surface area contributed by atoms with Crippen LogP contribution in [0.15, 0.2) is 72.1 Å². The molecule has 7 heteroatoms. The number of aromatic nitrogens is 4. The van der Waals surface area contributed by atoms with Crippen molar-refractivity contribution in [3.63, 3.8) is 0 Å². The molecule has 0 radical (unpaired) electrons. The monoisotopic (exact) mass is 474 g/mol. The number of thioether (sulfide) groups is 1. The Morgan fingerprint density at radius 3 is 2.59 bits per heavy atom. The summed E-state index contributed by atoms with van der Waals surface area (Å²) in [7, 11) is 0. The first kappa shape index (κ1) is 24.0. The Morgan fingerprint density at radius 2 is 1.85 bits per heavy atom. The highest BCUT2D eigenvalue weighted by Gasteiger charge is 2.19. The highest BCUT2D eigenvalue weighted by molar-refractivity contribution is 7.99. The van der Waals surface area contributed by atoms with Gasteiger partial charge in [0.05, 0.1) is 11.8 Å². The van der Waals surface area contributed by atoms with Crippen molar-refractivity contribution in [2.75, 3.05) is 12.4 Å². The average Bonchev–Trinajstić information content (AvgIpc) is 3.25. The van der Waals surface area contributed by atoms with E-state index in [1.807, 2.05) is 34.9 Å². The van der Waals surface area contributed by atoms with Crippen LogP contribution < -0.4 is 4.74 Å². The lowest BCUT2D eigenvalue weighted by Gasteiger charge is -2.17. The van der Waals surface area contributed by atoms with Crippen LogP contribution in [0, 0.1) is 13.8 Å². The molecule has 0 aliphatic heterocycles. The van der Waals surface area contributed by atoms with E-state index in [9.17, 15) is 5.11 Å². The number of para-hydroxylation sites is 1. The smallest absolute Gasteiger partial charge is 0.196 e. The number of benzene rings is 2. The molecular weight excluding hydrogens is 444 g/mol. The zero-order valence-corrected chi connectivity index (χ0v) is 20.8. The van der Waals surface area contributed by atoms with Gasteiger partial charge in [-0.15, -0.1) is 10.2 Å². The van der Waals surface area contributed by atoms with Crippen LogP contribution >= 0.6 is 11.8 Å². The van der Waals surface area contributed by atoms with Crippen LogP contribution in [0.1, 0.15) is 36.5 Å². The van der Waals surface area contributed by atoms with Crippen LogP contribution in [0.4, 0.5) is 0 Å². The van der Waals surface area contributed by atoms with E-state index in [1.165, 1.54) is 17.3 Å². The first-order chi connectivity index (χ1) is 16.4. The maximum atomic E-state index is 10.7. The van der Waals surface area contributed by atoms with E-state index in [0.717, 1.165) is 34.0 Å². The van der Waals surface area contributed by atoms with Crippen molar-refractivity contribution in [2.24, 2.45) is 0 Å². The summed E-state index contributed by atoms with van der Waals surface area (Å²) in [5.41, 5.74) is 5.35. The third-order valence-corrected chi connectivity index (χ3v) is 6.60. The molecule has 1 unspecified atom stereocenters. The summed E-state index contributed by atoms with van der Waals surface area (Å²) in [5.74, 6) is 2.32. The number of hydrogen-bond acceptors (Lipinski definition) is 6. The zero-order chi connectivity index (χ0) is 24.1. The molecule has 0 spiro atoms. The summed E-state index contributed by atoms with van der Waals surface area (Å²) in [5, 5.41) is 20.3. The lowest BCUT2D eigenvalue weighted by Crippen LogP contribution is -2.21. The molecule has 34 heavy (non-hydrogen) atoms. The van der Waals surface area contributed by atoms with Gasteiger partial charge in [0.25, 0.3) is 0 Å². The second-order valence-corrected chi connectivity index (χ2v) is 9.63. The van der Waals surface area contributed by atoms with E-state index in [-0.39, 0.29) is 6.61 Å². The lowest BCUT2D eigenvalue weighted by atomic mass is 10.0. The van der Waals surface area contributed by atoms with Gasteiger partial charge in [-0.05, 0) is 55.2 Å². The number of aliphatic hydroxyl groups excluding tert-OH is 1. The molecule has 1 atom stereocenters. The Morgan fingerprint density at radius 1 is 1.03 bits per heavy atom. The molecule has 176 valence electrons. The summed E-state index contributed by atoms with van der Waals surface area (Å²) < 4.78 is 8.00.